The third-order valence-corrected chi connectivity index (χ3v) is 9.76. The Morgan fingerprint density at radius 3 is 2.17 bits per heavy atom. The van der Waals surface area contributed by atoms with Crippen LogP contribution in [0.1, 0.15) is 40.0 Å². The number of carbonyl (C=O) groups excluding carboxylic acids is 3. The smallest absolute Gasteiger partial charge is 0.321 e. The summed E-state index contributed by atoms with van der Waals surface area (Å²) in [7, 11) is -3.96. The first kappa shape index (κ1) is 38.4. The van der Waals surface area contributed by atoms with Crippen molar-refractivity contribution in [1.29, 1.82) is 0 Å². The molecule has 256 valence electrons. The zero-order valence-corrected chi connectivity index (χ0v) is 29.4. The molecule has 2 aromatic carbocycles. The van der Waals surface area contributed by atoms with Gasteiger partial charge in [0.15, 0.2) is 0 Å². The maximum absolute atomic E-state index is 13.5. The Labute approximate surface area is 290 Å². The lowest BCUT2D eigenvalue weighted by atomic mass is 10.1. The zero-order chi connectivity index (χ0) is 34.7. The highest BCUT2D eigenvalue weighted by Crippen LogP contribution is 2.29. The number of nitrogens with one attached hydrogen (secondary N) is 4. The van der Waals surface area contributed by atoms with Crippen molar-refractivity contribution in [3.05, 3.63) is 69.9 Å². The van der Waals surface area contributed by atoms with Gasteiger partial charge in [0.25, 0.3) is 5.91 Å². The number of sulfonamides is 1. The molecule has 5 N–H and O–H groups in total. The average Bonchev–Trinajstić information content (AvgIpc) is 3.27. The Morgan fingerprint density at radius 2 is 1.55 bits per heavy atom. The van der Waals surface area contributed by atoms with Crippen LogP contribution in [0, 0.1) is 13.8 Å². The molecule has 2 amide bonds. The van der Waals surface area contributed by atoms with Gasteiger partial charge in [0, 0.05) is 52.8 Å². The monoisotopic (exact) mass is 725 g/mol. The number of aryl methyl sites for hydroxylation is 1. The minimum absolute atomic E-state index is 0.129. The number of carbonyl (C=O) groups is 4. The average molecular weight is 726 g/mol. The first-order chi connectivity index (χ1) is 22.3. The molecule has 1 aromatic heterocycles. The van der Waals surface area contributed by atoms with Crippen LogP contribution in [0.15, 0.2) is 42.5 Å². The summed E-state index contributed by atoms with van der Waals surface area (Å²) in [6.45, 7) is 4.46. The van der Waals surface area contributed by atoms with Crippen molar-refractivity contribution in [3.8, 4) is 0 Å². The molecular weight excluding hydrogens is 686 g/mol. The fourth-order valence-electron chi connectivity index (χ4n) is 4.94. The standard InChI is InChI=1S/C31H40ClN5O7S3/c1-19-5-10-27-24(15-19)23(20(2)37(27)30(40)21-6-8-22(32)9-7-21)16-28(38)36-47(43,44)14-4-3-11-35-29(39)25(17-45)33-12-13-34-26(18-46)31(41)42/h5-10,15,25-26,33-34,45-46H,3-4,11-14,16-18H2,1-2H3,(H,35,39)(H,36,38)(H,41,42)/t25-,26-/m0/s1. The molecular formula is C31H40ClN5O7S3. The number of nitrogens with zero attached hydrogens (tertiary/aromatic N) is 1. The number of carboxylic acid groups (broad SMARTS) is 1. The fraction of sp³-hybridized carbons (Fsp3) is 0.419. The Hall–Kier alpha value is -3.08. The Balaban J connectivity index is 1.52. The lowest BCUT2D eigenvalue weighted by molar-refractivity contribution is -0.138. The van der Waals surface area contributed by atoms with Crippen LogP contribution >= 0.6 is 36.9 Å². The summed E-state index contributed by atoms with van der Waals surface area (Å²) in [5.74, 6) is -2.34. The van der Waals surface area contributed by atoms with Gasteiger partial charge in [0.1, 0.15) is 6.04 Å². The SMILES string of the molecule is Cc1ccc2c(c1)c(CC(=O)NS(=O)(=O)CCCCNC(=O)[C@H](CS)NCCN[C@@H](CS)C(=O)O)c(C)n2C(=O)c1ccc(Cl)cc1. The molecule has 0 fully saturated rings. The van der Waals surface area contributed by atoms with Gasteiger partial charge in [-0.3, -0.25) is 28.5 Å². The van der Waals surface area contributed by atoms with Crippen molar-refractivity contribution in [2.75, 3.05) is 36.9 Å². The van der Waals surface area contributed by atoms with Crippen LogP contribution in [0.4, 0.5) is 0 Å². The summed E-state index contributed by atoms with van der Waals surface area (Å²) in [6.07, 6.45) is 0.295. The van der Waals surface area contributed by atoms with Gasteiger partial charge in [-0.1, -0.05) is 23.2 Å². The predicted octanol–water partition coefficient (Wildman–Crippen LogP) is 2.35. The Bertz CT molecular complexity index is 1700. The van der Waals surface area contributed by atoms with E-state index in [9.17, 15) is 27.6 Å². The molecule has 3 rings (SSSR count). The number of amides is 2. The summed E-state index contributed by atoms with van der Waals surface area (Å²) >= 11 is 14.2. The second-order valence-corrected chi connectivity index (χ2v) is 14.0. The molecule has 12 nitrogen and oxygen atoms in total. The van der Waals surface area contributed by atoms with Crippen molar-refractivity contribution in [2.45, 2.75) is 45.2 Å². The number of unbranched alkanes of at least 4 members (excludes halogenated alkanes) is 1. The van der Waals surface area contributed by atoms with Crippen molar-refractivity contribution >= 4 is 81.5 Å². The number of aliphatic carboxylic acids is 1. The molecule has 0 aliphatic rings. The number of halogens is 1. The van der Waals surface area contributed by atoms with Gasteiger partial charge in [-0.25, -0.2) is 8.42 Å². The maximum Gasteiger partial charge on any atom is 0.321 e. The summed E-state index contributed by atoms with van der Waals surface area (Å²) in [5, 5.41) is 18.8. The van der Waals surface area contributed by atoms with E-state index in [1.54, 1.807) is 37.3 Å². The molecule has 0 bridgehead atoms. The first-order valence-corrected chi connectivity index (χ1v) is 18.2. The molecule has 0 spiro atoms. The highest BCUT2D eigenvalue weighted by Gasteiger charge is 2.24. The van der Waals surface area contributed by atoms with E-state index in [1.807, 2.05) is 19.1 Å². The van der Waals surface area contributed by atoms with E-state index < -0.39 is 34.0 Å². The third kappa shape index (κ3) is 11.0. The van der Waals surface area contributed by atoms with Crippen LogP contribution in [0.3, 0.4) is 0 Å². The van der Waals surface area contributed by atoms with E-state index in [4.69, 9.17) is 16.7 Å². The number of thiol groups is 2. The molecule has 3 aromatic rings. The second kappa shape index (κ2) is 17.9. The van der Waals surface area contributed by atoms with Gasteiger partial charge in [-0.2, -0.15) is 25.3 Å². The van der Waals surface area contributed by atoms with Crippen LogP contribution in [0.2, 0.25) is 5.02 Å². The molecule has 2 atom stereocenters. The largest absolute Gasteiger partial charge is 0.480 e. The Morgan fingerprint density at radius 1 is 0.915 bits per heavy atom. The van der Waals surface area contributed by atoms with Crippen molar-refractivity contribution < 1.29 is 32.7 Å². The van der Waals surface area contributed by atoms with Crippen molar-refractivity contribution in [1.82, 2.24) is 25.2 Å². The van der Waals surface area contributed by atoms with Gasteiger partial charge >= 0.3 is 5.97 Å². The molecule has 0 aliphatic heterocycles. The zero-order valence-electron chi connectivity index (χ0n) is 26.1. The van der Waals surface area contributed by atoms with Crippen molar-refractivity contribution in [3.63, 3.8) is 0 Å². The summed E-state index contributed by atoms with van der Waals surface area (Å²) in [6, 6.07) is 10.6. The number of benzene rings is 2. The van der Waals surface area contributed by atoms with E-state index in [1.165, 1.54) is 4.57 Å². The number of carboxylic acids is 1. The van der Waals surface area contributed by atoms with E-state index in [0.29, 0.717) is 52.3 Å². The van der Waals surface area contributed by atoms with Crippen LogP contribution in [-0.2, 0) is 30.8 Å². The van der Waals surface area contributed by atoms with Gasteiger partial charge < -0.3 is 21.1 Å². The van der Waals surface area contributed by atoms with Gasteiger partial charge in [-0.05, 0) is 68.7 Å². The van der Waals surface area contributed by atoms with E-state index in [-0.39, 0.29) is 48.5 Å². The van der Waals surface area contributed by atoms with Crippen LogP contribution in [0.25, 0.3) is 10.9 Å². The molecule has 47 heavy (non-hydrogen) atoms. The van der Waals surface area contributed by atoms with Gasteiger partial charge in [0.2, 0.25) is 21.8 Å². The molecule has 0 unspecified atom stereocenters. The predicted molar refractivity (Wildman–Crippen MR) is 189 cm³/mol. The molecule has 0 aliphatic carbocycles. The quantitative estimate of drug-likeness (QED) is 0.0767. The minimum Gasteiger partial charge on any atom is -0.480 e. The normalized spacial score (nSPS) is 12.9. The molecule has 1 heterocycles. The molecule has 0 radical (unpaired) electrons. The van der Waals surface area contributed by atoms with Crippen LogP contribution < -0.4 is 20.7 Å². The molecule has 16 heteroatoms. The fourth-order valence-corrected chi connectivity index (χ4v) is 6.75. The van der Waals surface area contributed by atoms with Gasteiger partial charge in [-0.15, -0.1) is 0 Å². The molecule has 0 saturated carbocycles. The third-order valence-electron chi connectivity index (χ3n) is 7.42. The minimum atomic E-state index is -3.96. The van der Waals surface area contributed by atoms with Crippen LogP contribution in [-0.4, -0.2) is 90.8 Å². The number of fused-ring (bicyclic) bond motifs is 1. The first-order valence-electron chi connectivity index (χ1n) is 14.9. The van der Waals surface area contributed by atoms with Crippen molar-refractivity contribution in [2.24, 2.45) is 0 Å². The maximum atomic E-state index is 13.5. The topological polar surface area (TPSA) is 176 Å². The van der Waals surface area contributed by atoms with Crippen LogP contribution in [0.5, 0.6) is 0 Å². The number of hydrogen-bond acceptors (Lipinski definition) is 10. The second-order valence-electron chi connectivity index (χ2n) is 11.0. The lowest BCUT2D eigenvalue weighted by Gasteiger charge is -2.18. The van der Waals surface area contributed by atoms with Gasteiger partial charge in [0.05, 0.1) is 23.7 Å². The lowest BCUT2D eigenvalue weighted by Crippen LogP contribution is -2.49. The van der Waals surface area contributed by atoms with E-state index in [0.717, 1.165) is 5.56 Å². The number of rotatable bonds is 18. The number of hydrogen-bond donors (Lipinski definition) is 7. The highest BCUT2D eigenvalue weighted by molar-refractivity contribution is 7.90. The number of aromatic nitrogens is 1. The highest BCUT2D eigenvalue weighted by atomic mass is 35.5. The van der Waals surface area contributed by atoms with E-state index in [2.05, 4.69) is 45.9 Å². The summed E-state index contributed by atoms with van der Waals surface area (Å²) in [4.78, 5) is 49.9. The molecule has 0 saturated heterocycles. The Kier molecular flexibility index (Phi) is 14.6. The summed E-state index contributed by atoms with van der Waals surface area (Å²) < 4.78 is 29.1. The van der Waals surface area contributed by atoms with E-state index >= 15 is 0 Å². The summed E-state index contributed by atoms with van der Waals surface area (Å²) in [5.41, 5.74) is 3.01.